The lowest BCUT2D eigenvalue weighted by molar-refractivity contribution is -0.274. The van der Waals surface area contributed by atoms with E-state index in [1.807, 2.05) is 53.2 Å². The van der Waals surface area contributed by atoms with Gasteiger partial charge in [-0.3, -0.25) is 9.59 Å². The van der Waals surface area contributed by atoms with Crippen LogP contribution in [0.3, 0.4) is 0 Å². The molecule has 3 aromatic carbocycles. The van der Waals surface area contributed by atoms with Crippen molar-refractivity contribution in [1.29, 1.82) is 0 Å². The second-order valence-electron chi connectivity index (χ2n) is 7.73. The first-order chi connectivity index (χ1) is 17.3. The third-order valence-electron chi connectivity index (χ3n) is 5.16. The molecular weight excluding hydrogens is 491 g/mol. The number of para-hydroxylation sites is 1. The molecule has 0 unspecified atom stereocenters. The zero-order chi connectivity index (χ0) is 25.5. The van der Waals surface area contributed by atoms with Gasteiger partial charge in [-0.15, -0.1) is 24.9 Å². The lowest BCUT2D eigenvalue weighted by atomic mass is 10.2. The first-order valence-electron chi connectivity index (χ1n) is 11.0. The van der Waals surface area contributed by atoms with Crippen LogP contribution in [-0.2, 0) is 11.3 Å². The van der Waals surface area contributed by atoms with Crippen molar-refractivity contribution in [3.63, 3.8) is 0 Å². The molecule has 186 valence electrons. The van der Waals surface area contributed by atoms with Gasteiger partial charge >= 0.3 is 6.36 Å². The van der Waals surface area contributed by atoms with Crippen molar-refractivity contribution in [1.82, 2.24) is 9.88 Å². The molecule has 4 aromatic rings. The normalized spacial score (nSPS) is 11.3. The maximum absolute atomic E-state index is 12.4. The maximum Gasteiger partial charge on any atom is 0.573 e. The lowest BCUT2D eigenvalue weighted by Gasteiger charge is -2.10. The van der Waals surface area contributed by atoms with Crippen LogP contribution in [0, 0.1) is 0 Å². The highest BCUT2D eigenvalue weighted by atomic mass is 32.2. The standard InChI is InChI=1S/C26H22F3N3O3S/c27-26(28,29)35-20-12-10-19(11-13-20)31-24(33)17-36-23-16-32(22-9-5-4-8-21(22)23)15-14-30-25(34)18-6-2-1-3-7-18/h1-13,16H,14-15,17H2,(H,30,34)(H,31,33). The molecule has 2 N–H and O–H groups in total. The van der Waals surface area contributed by atoms with E-state index in [9.17, 15) is 22.8 Å². The van der Waals surface area contributed by atoms with E-state index in [2.05, 4.69) is 15.4 Å². The Bertz CT molecular complexity index is 1340. The number of amides is 2. The molecule has 2 amide bonds. The number of carbonyl (C=O) groups excluding carboxylic acids is 2. The summed E-state index contributed by atoms with van der Waals surface area (Å²) in [6, 6.07) is 21.7. The summed E-state index contributed by atoms with van der Waals surface area (Å²) in [6.45, 7) is 0.989. The van der Waals surface area contributed by atoms with Crippen LogP contribution in [0.4, 0.5) is 18.9 Å². The van der Waals surface area contributed by atoms with E-state index in [0.29, 0.717) is 24.3 Å². The van der Waals surface area contributed by atoms with Gasteiger partial charge < -0.3 is 19.9 Å². The molecule has 6 nitrogen and oxygen atoms in total. The fraction of sp³-hybridized carbons (Fsp3) is 0.154. The Morgan fingerprint density at radius 1 is 0.917 bits per heavy atom. The minimum atomic E-state index is -4.77. The first-order valence-corrected chi connectivity index (χ1v) is 12.0. The zero-order valence-electron chi connectivity index (χ0n) is 18.9. The number of thioether (sulfide) groups is 1. The van der Waals surface area contributed by atoms with Crippen LogP contribution in [-0.4, -0.2) is 35.0 Å². The monoisotopic (exact) mass is 513 g/mol. The van der Waals surface area contributed by atoms with Crippen molar-refractivity contribution in [2.75, 3.05) is 17.6 Å². The Labute approximate surface area is 209 Å². The summed E-state index contributed by atoms with van der Waals surface area (Å²) >= 11 is 1.35. The predicted molar refractivity (Wildman–Crippen MR) is 133 cm³/mol. The summed E-state index contributed by atoms with van der Waals surface area (Å²) in [7, 11) is 0. The summed E-state index contributed by atoms with van der Waals surface area (Å²) in [5, 5.41) is 6.57. The van der Waals surface area contributed by atoms with E-state index >= 15 is 0 Å². The van der Waals surface area contributed by atoms with E-state index in [1.165, 1.54) is 23.9 Å². The largest absolute Gasteiger partial charge is 0.573 e. The number of anilines is 1. The van der Waals surface area contributed by atoms with Crippen molar-refractivity contribution in [3.8, 4) is 5.75 Å². The van der Waals surface area contributed by atoms with Crippen LogP contribution in [0.25, 0.3) is 10.9 Å². The lowest BCUT2D eigenvalue weighted by Crippen LogP contribution is -2.26. The molecule has 0 aliphatic carbocycles. The van der Waals surface area contributed by atoms with Gasteiger partial charge in [0, 0.05) is 46.3 Å². The average molecular weight is 514 g/mol. The van der Waals surface area contributed by atoms with Crippen molar-refractivity contribution in [2.24, 2.45) is 0 Å². The van der Waals surface area contributed by atoms with E-state index in [-0.39, 0.29) is 23.3 Å². The molecule has 0 atom stereocenters. The Kier molecular flexibility index (Phi) is 7.84. The molecule has 0 spiro atoms. The van der Waals surface area contributed by atoms with Crippen LogP contribution in [0.2, 0.25) is 0 Å². The van der Waals surface area contributed by atoms with Gasteiger partial charge in [-0.2, -0.15) is 0 Å². The van der Waals surface area contributed by atoms with Gasteiger partial charge in [-0.1, -0.05) is 36.4 Å². The number of fused-ring (bicyclic) bond motifs is 1. The number of aromatic nitrogens is 1. The molecule has 0 saturated heterocycles. The number of benzene rings is 3. The smallest absolute Gasteiger partial charge is 0.406 e. The van der Waals surface area contributed by atoms with Crippen LogP contribution < -0.4 is 15.4 Å². The molecule has 0 fully saturated rings. The molecule has 10 heteroatoms. The molecule has 0 aliphatic heterocycles. The second kappa shape index (κ2) is 11.2. The number of halogens is 3. The molecule has 0 radical (unpaired) electrons. The molecule has 0 aliphatic rings. The Balaban J connectivity index is 1.34. The SMILES string of the molecule is O=C(CSc1cn(CCNC(=O)c2ccccc2)c2ccccc12)Nc1ccc(OC(F)(F)F)cc1. The van der Waals surface area contributed by atoms with Gasteiger partial charge in [0.25, 0.3) is 5.91 Å². The average Bonchev–Trinajstić information content (AvgIpc) is 3.21. The number of alkyl halides is 3. The minimum absolute atomic E-state index is 0.111. The number of rotatable bonds is 9. The highest BCUT2D eigenvalue weighted by Crippen LogP contribution is 2.30. The highest BCUT2D eigenvalue weighted by Gasteiger charge is 2.31. The molecule has 0 bridgehead atoms. The van der Waals surface area contributed by atoms with Crippen LogP contribution >= 0.6 is 11.8 Å². The van der Waals surface area contributed by atoms with Gasteiger partial charge in [0.1, 0.15) is 5.75 Å². The number of hydrogen-bond acceptors (Lipinski definition) is 4. The number of ether oxygens (including phenoxy) is 1. The predicted octanol–water partition coefficient (Wildman–Crippen LogP) is 5.70. The number of carbonyl (C=O) groups is 2. The Morgan fingerprint density at radius 3 is 2.33 bits per heavy atom. The topological polar surface area (TPSA) is 72.4 Å². The number of nitrogens with zero attached hydrogens (tertiary/aromatic N) is 1. The zero-order valence-corrected chi connectivity index (χ0v) is 19.7. The molecular formula is C26H22F3N3O3S. The van der Waals surface area contributed by atoms with E-state index < -0.39 is 6.36 Å². The van der Waals surface area contributed by atoms with Gasteiger partial charge in [0.2, 0.25) is 5.91 Å². The summed E-state index contributed by atoms with van der Waals surface area (Å²) in [5.74, 6) is -0.685. The second-order valence-corrected chi connectivity index (χ2v) is 8.75. The molecule has 1 aromatic heterocycles. The maximum atomic E-state index is 12.4. The first kappa shape index (κ1) is 25.2. The van der Waals surface area contributed by atoms with Crippen LogP contribution in [0.1, 0.15) is 10.4 Å². The quantitative estimate of drug-likeness (QED) is 0.282. The van der Waals surface area contributed by atoms with Gasteiger partial charge in [-0.25, -0.2) is 0 Å². The van der Waals surface area contributed by atoms with Crippen molar-refractivity contribution >= 4 is 40.2 Å². The summed E-state index contributed by atoms with van der Waals surface area (Å²) < 4.78 is 42.7. The van der Waals surface area contributed by atoms with E-state index in [0.717, 1.165) is 27.9 Å². The minimum Gasteiger partial charge on any atom is -0.406 e. The highest BCUT2D eigenvalue weighted by molar-refractivity contribution is 8.00. The molecule has 36 heavy (non-hydrogen) atoms. The number of nitrogens with one attached hydrogen (secondary N) is 2. The Hall–Kier alpha value is -3.92. The third-order valence-corrected chi connectivity index (χ3v) is 6.20. The summed E-state index contributed by atoms with van der Waals surface area (Å²) in [4.78, 5) is 25.6. The molecule has 4 rings (SSSR count). The Morgan fingerprint density at radius 2 is 1.61 bits per heavy atom. The molecule has 0 saturated carbocycles. The fourth-order valence-electron chi connectivity index (χ4n) is 3.57. The van der Waals surface area contributed by atoms with Gasteiger partial charge in [-0.05, 0) is 42.5 Å². The van der Waals surface area contributed by atoms with Crippen molar-refractivity contribution in [3.05, 3.63) is 90.6 Å². The van der Waals surface area contributed by atoms with E-state index in [1.54, 1.807) is 12.1 Å². The molecule has 1 heterocycles. The third kappa shape index (κ3) is 6.82. The van der Waals surface area contributed by atoms with Crippen LogP contribution in [0.15, 0.2) is 90.0 Å². The number of hydrogen-bond donors (Lipinski definition) is 2. The van der Waals surface area contributed by atoms with Gasteiger partial charge in [0.05, 0.1) is 5.75 Å². The fourth-order valence-corrected chi connectivity index (χ4v) is 4.46. The van der Waals surface area contributed by atoms with Crippen molar-refractivity contribution in [2.45, 2.75) is 17.8 Å². The van der Waals surface area contributed by atoms with Gasteiger partial charge in [0.15, 0.2) is 0 Å². The summed E-state index contributed by atoms with van der Waals surface area (Å²) in [5.41, 5.74) is 1.95. The van der Waals surface area contributed by atoms with Crippen molar-refractivity contribution < 1.29 is 27.5 Å². The van der Waals surface area contributed by atoms with Crippen LogP contribution in [0.5, 0.6) is 5.75 Å². The van der Waals surface area contributed by atoms with E-state index in [4.69, 9.17) is 0 Å². The summed E-state index contributed by atoms with van der Waals surface area (Å²) in [6.07, 6.45) is -2.82.